The normalized spacial score (nSPS) is 11.5. The first-order valence-corrected chi connectivity index (χ1v) is 5.07. The van der Waals surface area contributed by atoms with E-state index in [0.717, 1.165) is 0 Å². The number of alkyl halides is 1. The summed E-state index contributed by atoms with van der Waals surface area (Å²) in [4.78, 5) is 18.1. The molecule has 0 fully saturated rings. The summed E-state index contributed by atoms with van der Waals surface area (Å²) in [5, 5.41) is 6.25. The Hall–Kier alpha value is -0.950. The van der Waals surface area contributed by atoms with Gasteiger partial charge in [-0.25, -0.2) is 4.98 Å². The monoisotopic (exact) mass is 240 g/mol. The fraction of sp³-hybridized carbons (Fsp3) is 0.667. The van der Waals surface area contributed by atoms with Gasteiger partial charge in [-0.1, -0.05) is 0 Å². The molecule has 0 aliphatic carbocycles. The molecule has 1 aromatic rings. The van der Waals surface area contributed by atoms with Gasteiger partial charge in [-0.05, 0) is 0 Å². The predicted octanol–water partition coefficient (Wildman–Crippen LogP) is 0.480. The molecule has 0 saturated heterocycles. The van der Waals surface area contributed by atoms with Crippen LogP contribution in [-0.2, 0) is 9.30 Å². The molecule has 1 atom stereocenters. The number of rotatable bonds is 4. The van der Waals surface area contributed by atoms with Crippen LogP contribution in [0, 0.1) is 0 Å². The second kappa shape index (κ2) is 8.37. The lowest BCUT2D eigenvalue weighted by Gasteiger charge is -2.08. The van der Waals surface area contributed by atoms with Crippen molar-refractivity contribution in [3.63, 3.8) is 0 Å². The molecule has 0 aliphatic rings. The molecule has 1 unspecified atom stereocenters. The number of ether oxygens (including phenoxy) is 1. The SMILES string of the molecule is COC(CCF)c1ncn[nH]1.O=[P+](O)O. The molecule has 0 bridgehead atoms. The second-order valence-corrected chi connectivity index (χ2v) is 2.83. The molecule has 86 valence electrons. The molecule has 1 rings (SSSR count). The summed E-state index contributed by atoms with van der Waals surface area (Å²) >= 11 is 0. The van der Waals surface area contributed by atoms with Crippen LogP contribution in [0.25, 0.3) is 0 Å². The third-order valence-corrected chi connectivity index (χ3v) is 1.39. The molecule has 0 radical (unpaired) electrons. The minimum absolute atomic E-state index is 0.303. The molecule has 0 spiro atoms. The summed E-state index contributed by atoms with van der Waals surface area (Å²) < 4.78 is 25.5. The van der Waals surface area contributed by atoms with E-state index >= 15 is 0 Å². The molecule has 1 heterocycles. The van der Waals surface area contributed by atoms with Crippen molar-refractivity contribution in [2.45, 2.75) is 12.5 Å². The Morgan fingerprint density at radius 3 is 2.67 bits per heavy atom. The molecule has 9 heteroatoms. The number of nitrogens with zero attached hydrogens (tertiary/aromatic N) is 2. The van der Waals surface area contributed by atoms with Gasteiger partial charge >= 0.3 is 8.25 Å². The maximum Gasteiger partial charge on any atom is 0.692 e. The molecule has 7 nitrogen and oxygen atoms in total. The summed E-state index contributed by atoms with van der Waals surface area (Å²) in [5.41, 5.74) is 0. The highest BCUT2D eigenvalue weighted by atomic mass is 31.1. The molecule has 3 N–H and O–H groups in total. The lowest BCUT2D eigenvalue weighted by molar-refractivity contribution is 0.0822. The Morgan fingerprint density at radius 1 is 1.73 bits per heavy atom. The Labute approximate surface area is 86.3 Å². The highest BCUT2D eigenvalue weighted by Gasteiger charge is 2.12. The first-order chi connectivity index (χ1) is 7.11. The highest BCUT2D eigenvalue weighted by Crippen LogP contribution is 2.14. The number of aromatic nitrogens is 3. The molecular weight excluding hydrogens is 228 g/mol. The Bertz CT molecular complexity index is 267. The zero-order valence-corrected chi connectivity index (χ0v) is 8.89. The molecule has 15 heavy (non-hydrogen) atoms. The molecule has 0 aliphatic heterocycles. The summed E-state index contributed by atoms with van der Waals surface area (Å²) in [6, 6.07) is 0. The Morgan fingerprint density at radius 2 is 2.33 bits per heavy atom. The van der Waals surface area contributed by atoms with Crippen molar-refractivity contribution in [1.29, 1.82) is 0 Å². The van der Waals surface area contributed by atoms with Gasteiger partial charge in [-0.2, -0.15) is 5.10 Å². The van der Waals surface area contributed by atoms with Gasteiger partial charge in [0.25, 0.3) is 0 Å². The van der Waals surface area contributed by atoms with E-state index in [1.54, 1.807) is 0 Å². The largest absolute Gasteiger partial charge is 0.692 e. The predicted molar refractivity (Wildman–Crippen MR) is 48.8 cm³/mol. The van der Waals surface area contributed by atoms with Crippen molar-refractivity contribution in [3.8, 4) is 0 Å². The zero-order valence-electron chi connectivity index (χ0n) is 8.00. The summed E-state index contributed by atoms with van der Waals surface area (Å²) in [6.07, 6.45) is 1.38. The molecule has 0 saturated carbocycles. The van der Waals surface area contributed by atoms with E-state index in [1.807, 2.05) is 0 Å². The van der Waals surface area contributed by atoms with Gasteiger partial charge in [0.1, 0.15) is 12.4 Å². The average Bonchev–Trinajstić information content (AvgIpc) is 2.66. The van der Waals surface area contributed by atoms with Crippen molar-refractivity contribution in [2.24, 2.45) is 0 Å². The molecule has 0 aromatic carbocycles. The highest BCUT2D eigenvalue weighted by molar-refractivity contribution is 7.30. The molecule has 1 aromatic heterocycles. The number of hydrogen-bond acceptors (Lipinski definition) is 4. The second-order valence-electron chi connectivity index (χ2n) is 2.33. The summed E-state index contributed by atoms with van der Waals surface area (Å²) in [7, 11) is -1.35. The quantitative estimate of drug-likeness (QED) is 0.660. The van der Waals surface area contributed by atoms with Crippen LogP contribution < -0.4 is 0 Å². The lowest BCUT2D eigenvalue weighted by atomic mass is 10.2. The van der Waals surface area contributed by atoms with Crippen LogP contribution in [0.1, 0.15) is 18.3 Å². The van der Waals surface area contributed by atoms with Crippen LogP contribution in [0.2, 0.25) is 0 Å². The molecular formula is C6H12FN3O4P+. The average molecular weight is 240 g/mol. The minimum Gasteiger partial charge on any atom is -0.373 e. The van der Waals surface area contributed by atoms with Gasteiger partial charge in [0.05, 0.1) is 6.67 Å². The maximum atomic E-state index is 11.9. The van der Waals surface area contributed by atoms with Gasteiger partial charge in [-0.15, -0.1) is 9.79 Å². The van der Waals surface area contributed by atoms with Crippen molar-refractivity contribution < 1.29 is 23.5 Å². The number of halogens is 1. The number of methoxy groups -OCH3 is 1. The van der Waals surface area contributed by atoms with Crippen molar-refractivity contribution in [1.82, 2.24) is 15.2 Å². The van der Waals surface area contributed by atoms with E-state index in [9.17, 15) is 4.39 Å². The van der Waals surface area contributed by atoms with Gasteiger partial charge < -0.3 is 4.74 Å². The first kappa shape index (κ1) is 14.1. The van der Waals surface area contributed by atoms with Crippen LogP contribution in [-0.4, -0.2) is 38.8 Å². The topological polar surface area (TPSA) is 108 Å². The van der Waals surface area contributed by atoms with Crippen LogP contribution in [0.5, 0.6) is 0 Å². The van der Waals surface area contributed by atoms with E-state index in [0.29, 0.717) is 12.2 Å². The zero-order chi connectivity index (χ0) is 11.7. The Balaban J connectivity index is 0.000000423. The Kier molecular flexibility index (Phi) is 7.84. The van der Waals surface area contributed by atoms with E-state index in [2.05, 4.69) is 15.2 Å². The van der Waals surface area contributed by atoms with Gasteiger partial charge in [0.15, 0.2) is 5.82 Å². The maximum absolute atomic E-state index is 11.9. The van der Waals surface area contributed by atoms with Crippen LogP contribution in [0.3, 0.4) is 0 Å². The number of hydrogen-bond donors (Lipinski definition) is 3. The van der Waals surface area contributed by atoms with Gasteiger partial charge in [-0.3, -0.25) is 9.49 Å². The number of H-pyrrole nitrogens is 1. The van der Waals surface area contributed by atoms with Gasteiger partial charge in [0, 0.05) is 18.1 Å². The fourth-order valence-electron chi connectivity index (χ4n) is 0.835. The summed E-state index contributed by atoms with van der Waals surface area (Å²) in [6.45, 7) is -0.417. The minimum atomic E-state index is -2.87. The molecule has 0 amide bonds. The van der Waals surface area contributed by atoms with Crippen LogP contribution in [0.15, 0.2) is 6.33 Å². The van der Waals surface area contributed by atoms with Crippen molar-refractivity contribution in [2.75, 3.05) is 13.8 Å². The fourth-order valence-corrected chi connectivity index (χ4v) is 0.835. The number of aromatic amines is 1. The van der Waals surface area contributed by atoms with E-state index in [-0.39, 0.29) is 6.10 Å². The van der Waals surface area contributed by atoms with Crippen LogP contribution in [0.4, 0.5) is 4.39 Å². The van der Waals surface area contributed by atoms with E-state index in [1.165, 1.54) is 13.4 Å². The standard InChI is InChI=1S/C6H10FN3O.HO3P/c1-11-5(2-3-7)6-8-4-9-10-6;1-4(2)3/h4-5H,2-3H2,1H3,(H,8,9,10);(H-,1,2,3)/p+1. The van der Waals surface area contributed by atoms with Crippen molar-refractivity contribution >= 4 is 8.25 Å². The van der Waals surface area contributed by atoms with Crippen molar-refractivity contribution in [3.05, 3.63) is 12.2 Å². The van der Waals surface area contributed by atoms with E-state index in [4.69, 9.17) is 19.1 Å². The van der Waals surface area contributed by atoms with Crippen LogP contribution >= 0.6 is 8.25 Å². The summed E-state index contributed by atoms with van der Waals surface area (Å²) in [5.74, 6) is 0.574. The number of nitrogens with one attached hydrogen (secondary N) is 1. The lowest BCUT2D eigenvalue weighted by Crippen LogP contribution is -2.04. The van der Waals surface area contributed by atoms with E-state index < -0.39 is 14.9 Å². The smallest absolute Gasteiger partial charge is 0.373 e. The van der Waals surface area contributed by atoms with Gasteiger partial charge in [0.2, 0.25) is 0 Å². The third kappa shape index (κ3) is 7.03. The third-order valence-electron chi connectivity index (χ3n) is 1.39. The first-order valence-electron chi connectivity index (χ1n) is 3.90.